The normalized spacial score (nSPS) is 13.6. The van der Waals surface area contributed by atoms with Gasteiger partial charge >= 0.3 is 0 Å². The number of H-pyrrole nitrogens is 1. The quantitative estimate of drug-likeness (QED) is 0.521. The molecule has 7 heteroatoms. The van der Waals surface area contributed by atoms with Crippen LogP contribution in [0.2, 0.25) is 19.6 Å². The van der Waals surface area contributed by atoms with Crippen LogP contribution >= 0.6 is 0 Å². The Morgan fingerprint density at radius 3 is 2.75 bits per heavy atom. The minimum absolute atomic E-state index is 0.0481. The van der Waals surface area contributed by atoms with Crippen molar-refractivity contribution < 1.29 is 9.66 Å². The number of aromatic nitrogens is 2. The highest BCUT2D eigenvalue weighted by molar-refractivity contribution is 6.77. The van der Waals surface area contributed by atoms with Crippen molar-refractivity contribution in [1.29, 1.82) is 0 Å². The van der Waals surface area contributed by atoms with Crippen LogP contribution in [-0.2, 0) is 11.3 Å². The summed E-state index contributed by atoms with van der Waals surface area (Å²) in [4.78, 5) is 17.8. The van der Waals surface area contributed by atoms with Crippen LogP contribution in [0.25, 0.3) is 11.0 Å². The van der Waals surface area contributed by atoms with Crippen LogP contribution in [0, 0.1) is 10.1 Å². The van der Waals surface area contributed by atoms with E-state index in [0.29, 0.717) is 17.9 Å². The molecule has 0 saturated heterocycles. The summed E-state index contributed by atoms with van der Waals surface area (Å²) in [7, 11) is -1.33. The Balaban J connectivity index is 2.14. The Morgan fingerprint density at radius 1 is 1.45 bits per heavy atom. The number of fused-ring (bicyclic) bond motifs is 1. The van der Waals surface area contributed by atoms with E-state index in [1.807, 2.05) is 0 Å². The first-order chi connectivity index (χ1) is 9.27. The molecule has 0 aliphatic heterocycles. The number of nitro groups is 1. The summed E-state index contributed by atoms with van der Waals surface area (Å²) in [5.74, 6) is 0.700. The van der Waals surface area contributed by atoms with Crippen LogP contribution in [0.5, 0.6) is 0 Å². The van der Waals surface area contributed by atoms with Crippen LogP contribution in [-0.4, -0.2) is 28.7 Å². The van der Waals surface area contributed by atoms with Gasteiger partial charge in [-0.05, 0) is 13.0 Å². The van der Waals surface area contributed by atoms with Crippen molar-refractivity contribution in [3.8, 4) is 0 Å². The summed E-state index contributed by atoms with van der Waals surface area (Å²) in [6.45, 7) is 9.23. The highest BCUT2D eigenvalue weighted by atomic mass is 28.3. The number of nitrogens with one attached hydrogen (secondary N) is 1. The SMILES string of the molecule is CC(OCc1nc2cc([N+](=O)[O-])ccc2[nH]1)[Si](C)(C)C. The van der Waals surface area contributed by atoms with Crippen molar-refractivity contribution in [2.75, 3.05) is 0 Å². The highest BCUT2D eigenvalue weighted by Gasteiger charge is 2.23. The molecule has 108 valence electrons. The second kappa shape index (κ2) is 5.33. The number of imidazole rings is 1. The lowest BCUT2D eigenvalue weighted by Crippen LogP contribution is -2.37. The zero-order chi connectivity index (χ0) is 14.9. The number of hydrogen-bond acceptors (Lipinski definition) is 4. The molecule has 0 amide bonds. The Labute approximate surface area is 118 Å². The maximum atomic E-state index is 10.7. The molecule has 2 rings (SSSR count). The van der Waals surface area contributed by atoms with Gasteiger partial charge in [-0.1, -0.05) is 19.6 Å². The third kappa shape index (κ3) is 3.23. The first kappa shape index (κ1) is 14.7. The van der Waals surface area contributed by atoms with Crippen molar-refractivity contribution in [2.45, 2.75) is 38.9 Å². The standard InChI is InChI=1S/C13H19N3O3Si/c1-9(20(2,3)4)19-8-13-14-11-6-5-10(16(17)18)7-12(11)15-13/h5-7,9H,8H2,1-4H3,(H,14,15). The minimum atomic E-state index is -1.33. The number of nitro benzene ring substituents is 1. The number of rotatable bonds is 5. The van der Waals surface area contributed by atoms with Gasteiger partial charge in [-0.3, -0.25) is 10.1 Å². The third-order valence-electron chi connectivity index (χ3n) is 3.42. The van der Waals surface area contributed by atoms with Crippen molar-refractivity contribution >= 4 is 24.8 Å². The maximum Gasteiger partial charge on any atom is 0.271 e. The number of nitrogens with zero attached hydrogens (tertiary/aromatic N) is 2. The van der Waals surface area contributed by atoms with Gasteiger partial charge in [0.2, 0.25) is 0 Å². The molecule has 0 saturated carbocycles. The van der Waals surface area contributed by atoms with Gasteiger partial charge < -0.3 is 9.72 Å². The molecule has 1 atom stereocenters. The van der Waals surface area contributed by atoms with Gasteiger partial charge in [0, 0.05) is 17.9 Å². The van der Waals surface area contributed by atoms with Gasteiger partial charge in [-0.2, -0.15) is 0 Å². The number of hydrogen-bond donors (Lipinski definition) is 1. The van der Waals surface area contributed by atoms with Crippen molar-refractivity contribution in [1.82, 2.24) is 9.97 Å². The number of non-ortho nitro benzene ring substituents is 1. The molecule has 0 spiro atoms. The maximum absolute atomic E-state index is 10.7. The molecule has 1 unspecified atom stereocenters. The number of aromatic amines is 1. The van der Waals surface area contributed by atoms with Gasteiger partial charge in [-0.25, -0.2) is 4.98 Å². The molecule has 0 aliphatic rings. The van der Waals surface area contributed by atoms with E-state index in [4.69, 9.17) is 4.74 Å². The van der Waals surface area contributed by atoms with E-state index >= 15 is 0 Å². The van der Waals surface area contributed by atoms with E-state index in [-0.39, 0.29) is 11.4 Å². The summed E-state index contributed by atoms with van der Waals surface area (Å²) >= 11 is 0. The Morgan fingerprint density at radius 2 is 2.15 bits per heavy atom. The largest absolute Gasteiger partial charge is 0.374 e. The Kier molecular flexibility index (Phi) is 3.91. The van der Waals surface area contributed by atoms with E-state index in [1.165, 1.54) is 12.1 Å². The summed E-state index contributed by atoms with van der Waals surface area (Å²) in [6, 6.07) is 4.61. The fourth-order valence-corrected chi connectivity index (χ4v) is 2.27. The van der Waals surface area contributed by atoms with E-state index in [1.54, 1.807) is 6.07 Å². The Bertz CT molecular complexity index is 633. The predicted molar refractivity (Wildman–Crippen MR) is 80.3 cm³/mol. The van der Waals surface area contributed by atoms with E-state index in [2.05, 4.69) is 36.5 Å². The van der Waals surface area contributed by atoms with E-state index in [9.17, 15) is 10.1 Å². The average Bonchev–Trinajstić information content (AvgIpc) is 2.76. The lowest BCUT2D eigenvalue weighted by Gasteiger charge is -2.24. The first-order valence-electron chi connectivity index (χ1n) is 6.52. The van der Waals surface area contributed by atoms with Gasteiger partial charge in [-0.15, -0.1) is 0 Å². The summed E-state index contributed by atoms with van der Waals surface area (Å²) < 4.78 is 5.83. The predicted octanol–water partition coefficient (Wildman–Crippen LogP) is 3.25. The van der Waals surface area contributed by atoms with Crippen molar-refractivity contribution in [3.05, 3.63) is 34.1 Å². The van der Waals surface area contributed by atoms with Crippen LogP contribution < -0.4 is 0 Å². The third-order valence-corrected chi connectivity index (χ3v) is 6.02. The lowest BCUT2D eigenvalue weighted by atomic mass is 10.3. The molecule has 1 aromatic heterocycles. The fraction of sp³-hybridized carbons (Fsp3) is 0.462. The van der Waals surface area contributed by atoms with Crippen molar-refractivity contribution in [3.63, 3.8) is 0 Å². The molecular weight excluding hydrogens is 274 g/mol. The Hall–Kier alpha value is -1.73. The van der Waals surface area contributed by atoms with Crippen LogP contribution in [0.1, 0.15) is 12.7 Å². The molecule has 1 aromatic carbocycles. The number of benzene rings is 1. The molecule has 0 fully saturated rings. The molecule has 2 aromatic rings. The average molecular weight is 293 g/mol. The zero-order valence-corrected chi connectivity index (χ0v) is 13.1. The van der Waals surface area contributed by atoms with Gasteiger partial charge in [0.25, 0.3) is 5.69 Å². The number of ether oxygens (including phenoxy) is 1. The summed E-state index contributed by atoms with van der Waals surface area (Å²) in [5.41, 5.74) is 1.66. The topological polar surface area (TPSA) is 81.1 Å². The highest BCUT2D eigenvalue weighted by Crippen LogP contribution is 2.20. The molecule has 1 heterocycles. The van der Waals surface area contributed by atoms with E-state index in [0.717, 1.165) is 5.52 Å². The summed E-state index contributed by atoms with van der Waals surface area (Å²) in [6.07, 6.45) is 0. The summed E-state index contributed by atoms with van der Waals surface area (Å²) in [5, 5.41) is 10.7. The van der Waals surface area contributed by atoms with Crippen LogP contribution in [0.15, 0.2) is 18.2 Å². The molecule has 0 aliphatic carbocycles. The van der Waals surface area contributed by atoms with Crippen LogP contribution in [0.3, 0.4) is 0 Å². The molecular formula is C13H19N3O3Si. The first-order valence-corrected chi connectivity index (χ1v) is 10.1. The lowest BCUT2D eigenvalue weighted by molar-refractivity contribution is -0.384. The minimum Gasteiger partial charge on any atom is -0.374 e. The smallest absolute Gasteiger partial charge is 0.271 e. The fourth-order valence-electron chi connectivity index (χ4n) is 1.68. The zero-order valence-electron chi connectivity index (χ0n) is 12.1. The second-order valence-electron chi connectivity index (χ2n) is 5.96. The van der Waals surface area contributed by atoms with Gasteiger partial charge in [0.1, 0.15) is 12.4 Å². The van der Waals surface area contributed by atoms with Crippen LogP contribution in [0.4, 0.5) is 5.69 Å². The van der Waals surface area contributed by atoms with Gasteiger partial charge in [0.05, 0.1) is 24.0 Å². The molecule has 1 N–H and O–H groups in total. The molecule has 20 heavy (non-hydrogen) atoms. The molecule has 6 nitrogen and oxygen atoms in total. The molecule has 0 bridgehead atoms. The monoisotopic (exact) mass is 293 g/mol. The second-order valence-corrected chi connectivity index (χ2v) is 11.5. The van der Waals surface area contributed by atoms with E-state index < -0.39 is 13.0 Å². The van der Waals surface area contributed by atoms with Crippen molar-refractivity contribution in [2.24, 2.45) is 0 Å². The molecule has 0 radical (unpaired) electrons. The van der Waals surface area contributed by atoms with Gasteiger partial charge in [0.15, 0.2) is 0 Å².